The Hall–Kier alpha value is -4.09. The van der Waals surface area contributed by atoms with E-state index < -0.39 is 0 Å². The van der Waals surface area contributed by atoms with Crippen molar-refractivity contribution in [3.63, 3.8) is 0 Å². The zero-order chi connectivity index (χ0) is 27.2. The molecule has 2 aromatic carbocycles. The molecule has 206 valence electrons. The number of benzene rings is 2. The maximum atomic E-state index is 13.4. The van der Waals surface area contributed by atoms with Crippen LogP contribution in [0.2, 0.25) is 0 Å². The number of hydrogen-bond donors (Lipinski definition) is 2. The lowest BCUT2D eigenvalue weighted by Crippen LogP contribution is -2.45. The first-order valence-electron chi connectivity index (χ1n) is 12.9. The topological polar surface area (TPSA) is 116 Å². The van der Waals surface area contributed by atoms with Gasteiger partial charge < -0.3 is 34.1 Å². The van der Waals surface area contributed by atoms with Gasteiger partial charge in [-0.05, 0) is 35.9 Å². The molecule has 39 heavy (non-hydrogen) atoms. The molecule has 6 rings (SSSR count). The number of aromatic nitrogens is 2. The molecule has 0 radical (unpaired) electrons. The summed E-state index contributed by atoms with van der Waals surface area (Å²) in [4.78, 5) is 32.5. The SMILES string of the molecule is COCCn1ccnc1CN1C[C@@H]2NC(=O)c3ccc(OC)c(c3)OCC(=O)NCc3ccc(cc3)O[C@H]2C1. The van der Waals surface area contributed by atoms with Crippen LogP contribution in [0, 0.1) is 0 Å². The fourth-order valence-electron chi connectivity index (χ4n) is 4.76. The number of hydrogen-bond acceptors (Lipinski definition) is 8. The zero-order valence-electron chi connectivity index (χ0n) is 22.1. The third kappa shape index (κ3) is 6.50. The van der Waals surface area contributed by atoms with E-state index in [1.165, 1.54) is 7.11 Å². The number of likely N-dealkylation sites (tertiary alicyclic amines) is 1. The molecule has 0 spiro atoms. The molecule has 11 heteroatoms. The minimum Gasteiger partial charge on any atom is -0.493 e. The first kappa shape index (κ1) is 26.5. The number of carbonyl (C=O) groups excluding carboxylic acids is 2. The number of nitrogens with one attached hydrogen (secondary N) is 2. The van der Waals surface area contributed by atoms with Crippen LogP contribution in [-0.2, 0) is 29.2 Å². The summed E-state index contributed by atoms with van der Waals surface area (Å²) in [6, 6.07) is 12.2. The van der Waals surface area contributed by atoms with E-state index in [0.717, 1.165) is 11.4 Å². The summed E-state index contributed by atoms with van der Waals surface area (Å²) < 4.78 is 24.8. The van der Waals surface area contributed by atoms with Gasteiger partial charge in [-0.15, -0.1) is 0 Å². The molecular formula is C28H33N5O6. The number of amides is 2. The lowest BCUT2D eigenvalue weighted by Gasteiger charge is -2.21. The van der Waals surface area contributed by atoms with Gasteiger partial charge >= 0.3 is 0 Å². The van der Waals surface area contributed by atoms with Crippen LogP contribution in [0.4, 0.5) is 0 Å². The number of fused-ring (bicyclic) bond motifs is 7. The van der Waals surface area contributed by atoms with Crippen LogP contribution in [0.1, 0.15) is 21.7 Å². The van der Waals surface area contributed by atoms with E-state index in [1.807, 2.05) is 30.5 Å². The zero-order valence-corrected chi connectivity index (χ0v) is 22.1. The Kier molecular flexibility index (Phi) is 8.28. The molecule has 3 aliphatic rings. The monoisotopic (exact) mass is 535 g/mol. The van der Waals surface area contributed by atoms with Gasteiger partial charge in [-0.3, -0.25) is 14.5 Å². The van der Waals surface area contributed by atoms with E-state index in [2.05, 4.69) is 25.1 Å². The van der Waals surface area contributed by atoms with Gasteiger partial charge in [0.25, 0.3) is 11.8 Å². The number of rotatable bonds is 6. The van der Waals surface area contributed by atoms with Crippen molar-refractivity contribution in [3.05, 3.63) is 71.8 Å². The quantitative estimate of drug-likeness (QED) is 0.489. The summed E-state index contributed by atoms with van der Waals surface area (Å²) in [7, 11) is 3.19. The highest BCUT2D eigenvalue weighted by atomic mass is 16.5. The predicted molar refractivity (Wildman–Crippen MR) is 142 cm³/mol. The lowest BCUT2D eigenvalue weighted by atomic mass is 10.1. The van der Waals surface area contributed by atoms with E-state index in [4.69, 9.17) is 18.9 Å². The second-order valence-corrected chi connectivity index (χ2v) is 9.53. The van der Waals surface area contributed by atoms with Crippen LogP contribution >= 0.6 is 0 Å². The minimum atomic E-state index is -0.286. The summed E-state index contributed by atoms with van der Waals surface area (Å²) in [6.07, 6.45) is 3.45. The largest absolute Gasteiger partial charge is 0.493 e. The van der Waals surface area contributed by atoms with Crippen molar-refractivity contribution in [3.8, 4) is 17.2 Å². The molecule has 2 atom stereocenters. The maximum Gasteiger partial charge on any atom is 0.258 e. The Balaban J connectivity index is 1.39. The fourth-order valence-corrected chi connectivity index (χ4v) is 4.76. The second-order valence-electron chi connectivity index (χ2n) is 9.53. The average Bonchev–Trinajstić information content (AvgIpc) is 3.55. The Morgan fingerprint density at radius 1 is 1.10 bits per heavy atom. The molecule has 1 saturated heterocycles. The Morgan fingerprint density at radius 3 is 2.74 bits per heavy atom. The van der Waals surface area contributed by atoms with E-state index in [-0.39, 0.29) is 30.6 Å². The van der Waals surface area contributed by atoms with Crippen molar-refractivity contribution in [1.29, 1.82) is 0 Å². The number of methoxy groups -OCH3 is 2. The van der Waals surface area contributed by atoms with Crippen LogP contribution in [0.15, 0.2) is 54.9 Å². The summed E-state index contributed by atoms with van der Waals surface area (Å²) in [5.41, 5.74) is 1.33. The third-order valence-corrected chi connectivity index (χ3v) is 6.85. The Bertz CT molecular complexity index is 1290. The number of nitrogens with zero attached hydrogens (tertiary/aromatic N) is 3. The van der Waals surface area contributed by atoms with Crippen LogP contribution in [0.3, 0.4) is 0 Å². The standard InChI is InChI=1S/C28H33N5O6/c1-36-12-11-33-10-9-29-26(33)17-32-15-22-25(16-32)39-21-6-3-19(4-7-21)14-30-27(34)18-38-24-13-20(28(35)31-22)5-8-23(24)37-2/h3-10,13,22,25H,11-12,14-18H2,1-2H3,(H,30,34)(H,31,35)/t22-,25-/m0/s1. The van der Waals surface area contributed by atoms with Crippen LogP contribution in [0.5, 0.6) is 17.2 Å². The highest BCUT2D eigenvalue weighted by Gasteiger charge is 2.36. The van der Waals surface area contributed by atoms with E-state index >= 15 is 0 Å². The van der Waals surface area contributed by atoms with Gasteiger partial charge in [-0.25, -0.2) is 4.98 Å². The van der Waals surface area contributed by atoms with Crippen LogP contribution in [0.25, 0.3) is 0 Å². The molecule has 3 aromatic rings. The van der Waals surface area contributed by atoms with Gasteiger partial charge in [0.05, 0.1) is 26.3 Å². The van der Waals surface area contributed by atoms with Crippen molar-refractivity contribution in [2.45, 2.75) is 31.8 Å². The first-order valence-corrected chi connectivity index (χ1v) is 12.9. The van der Waals surface area contributed by atoms with Crippen molar-refractivity contribution < 1.29 is 28.5 Å². The highest BCUT2D eigenvalue weighted by molar-refractivity contribution is 5.95. The lowest BCUT2D eigenvalue weighted by molar-refractivity contribution is -0.123. The van der Waals surface area contributed by atoms with Crippen molar-refractivity contribution >= 4 is 11.8 Å². The molecule has 4 heterocycles. The van der Waals surface area contributed by atoms with Crippen molar-refractivity contribution in [1.82, 2.24) is 25.1 Å². The molecule has 11 nitrogen and oxygen atoms in total. The highest BCUT2D eigenvalue weighted by Crippen LogP contribution is 2.29. The number of ether oxygens (including phenoxy) is 4. The van der Waals surface area contributed by atoms with Crippen molar-refractivity contribution in [2.24, 2.45) is 0 Å². The Labute approximate surface area is 227 Å². The molecule has 3 aliphatic heterocycles. The van der Waals surface area contributed by atoms with Gasteiger partial charge in [0.1, 0.15) is 17.7 Å². The summed E-state index contributed by atoms with van der Waals surface area (Å²) >= 11 is 0. The van der Waals surface area contributed by atoms with E-state index in [9.17, 15) is 9.59 Å². The molecule has 1 aromatic heterocycles. The second kappa shape index (κ2) is 12.2. The van der Waals surface area contributed by atoms with Gasteiger partial charge in [-0.1, -0.05) is 12.1 Å². The van der Waals surface area contributed by atoms with Gasteiger partial charge in [0.15, 0.2) is 18.1 Å². The molecule has 0 saturated carbocycles. The molecule has 0 aliphatic carbocycles. The van der Waals surface area contributed by atoms with E-state index in [1.54, 1.807) is 31.5 Å². The van der Waals surface area contributed by atoms with Crippen LogP contribution in [-0.4, -0.2) is 78.9 Å². The summed E-state index contributed by atoms with van der Waals surface area (Å²) in [5, 5.41) is 5.99. The van der Waals surface area contributed by atoms with E-state index in [0.29, 0.717) is 62.1 Å². The third-order valence-electron chi connectivity index (χ3n) is 6.85. The minimum absolute atomic E-state index is 0.206. The number of imidazole rings is 1. The normalized spacial score (nSPS) is 19.8. The fraction of sp³-hybridized carbons (Fsp3) is 0.393. The summed E-state index contributed by atoms with van der Waals surface area (Å²) in [5.74, 6) is 1.82. The van der Waals surface area contributed by atoms with Gasteiger partial charge in [0, 0.05) is 51.2 Å². The Morgan fingerprint density at radius 2 is 1.95 bits per heavy atom. The molecule has 4 bridgehead atoms. The molecule has 1 fully saturated rings. The predicted octanol–water partition coefficient (Wildman–Crippen LogP) is 1.61. The molecule has 2 amide bonds. The smallest absolute Gasteiger partial charge is 0.258 e. The van der Waals surface area contributed by atoms with Gasteiger partial charge in [0.2, 0.25) is 0 Å². The summed E-state index contributed by atoms with van der Waals surface area (Å²) in [6.45, 7) is 3.27. The maximum absolute atomic E-state index is 13.4. The van der Waals surface area contributed by atoms with Crippen LogP contribution < -0.4 is 24.8 Å². The molecular weight excluding hydrogens is 502 g/mol. The first-order chi connectivity index (χ1) is 19.0. The average molecular weight is 536 g/mol. The molecule has 0 unspecified atom stereocenters. The van der Waals surface area contributed by atoms with Gasteiger partial charge in [-0.2, -0.15) is 0 Å². The number of carbonyl (C=O) groups is 2. The van der Waals surface area contributed by atoms with Crippen molar-refractivity contribution in [2.75, 3.05) is 40.5 Å². The molecule has 2 N–H and O–H groups in total.